The van der Waals surface area contributed by atoms with Crippen molar-refractivity contribution < 1.29 is 9.31 Å². The van der Waals surface area contributed by atoms with Gasteiger partial charge in [0.2, 0.25) is 0 Å². The topological polar surface area (TPSA) is 67.2 Å². The number of halogens is 1. The van der Waals surface area contributed by atoms with E-state index in [1.807, 2.05) is 6.07 Å². The Bertz CT molecular complexity index is 793. The zero-order chi connectivity index (χ0) is 16.0. The van der Waals surface area contributed by atoms with Crippen LogP contribution in [0.4, 0.5) is 21.5 Å². The number of anilines is 2. The maximum absolute atomic E-state index is 13.3. The van der Waals surface area contributed by atoms with E-state index >= 15 is 0 Å². The predicted molar refractivity (Wildman–Crippen MR) is 86.5 cm³/mol. The van der Waals surface area contributed by atoms with Crippen LogP contribution < -0.4 is 10.6 Å². The van der Waals surface area contributed by atoms with Gasteiger partial charge in [-0.2, -0.15) is 0 Å². The molecule has 1 heterocycles. The molecule has 2 aromatic rings. The third kappa shape index (κ3) is 2.50. The summed E-state index contributed by atoms with van der Waals surface area (Å²) in [5.74, 6) is -0.0422. The van der Waals surface area contributed by atoms with Gasteiger partial charge in [0.05, 0.1) is 4.92 Å². The maximum Gasteiger partial charge on any atom is 0.292 e. The van der Waals surface area contributed by atoms with Crippen molar-refractivity contribution in [1.82, 2.24) is 0 Å². The molecule has 0 bridgehead atoms. The van der Waals surface area contributed by atoms with Gasteiger partial charge in [-0.15, -0.1) is 0 Å². The number of rotatable bonds is 4. The fourth-order valence-electron chi connectivity index (χ4n) is 3.34. The summed E-state index contributed by atoms with van der Waals surface area (Å²) in [6, 6.07) is 9.99. The van der Waals surface area contributed by atoms with E-state index in [0.29, 0.717) is 5.69 Å². The Morgan fingerprint density at radius 3 is 2.96 bits per heavy atom. The Labute approximate surface area is 132 Å². The summed E-state index contributed by atoms with van der Waals surface area (Å²) >= 11 is 0. The standard InChI is InChI=1S/C17H16FN3O2/c18-11-3-1-2-10(8-11)13-9-15(13)20-17-12-6-7-19-14(12)4-5-16(17)21(22)23/h1-5,8,13,15,19-20H,6-7,9H2/t13-,15+/m0/s1. The molecule has 1 aliphatic heterocycles. The zero-order valence-electron chi connectivity index (χ0n) is 12.4. The smallest absolute Gasteiger partial charge is 0.292 e. The molecule has 2 aliphatic rings. The van der Waals surface area contributed by atoms with Crippen LogP contribution in [0.5, 0.6) is 0 Å². The van der Waals surface area contributed by atoms with Gasteiger partial charge in [-0.05, 0) is 36.6 Å². The number of nitrogens with zero attached hydrogens (tertiary/aromatic N) is 1. The maximum atomic E-state index is 13.3. The zero-order valence-corrected chi connectivity index (χ0v) is 12.4. The van der Waals surface area contributed by atoms with Crippen LogP contribution in [0.15, 0.2) is 36.4 Å². The summed E-state index contributed by atoms with van der Waals surface area (Å²) in [7, 11) is 0. The van der Waals surface area contributed by atoms with Crippen LogP contribution >= 0.6 is 0 Å². The number of fused-ring (bicyclic) bond motifs is 1. The van der Waals surface area contributed by atoms with Gasteiger partial charge in [-0.25, -0.2) is 4.39 Å². The second kappa shape index (κ2) is 5.22. The molecule has 6 heteroatoms. The molecule has 1 saturated carbocycles. The highest BCUT2D eigenvalue weighted by Gasteiger charge is 2.40. The first kappa shape index (κ1) is 14.0. The Kier molecular flexibility index (Phi) is 3.18. The minimum Gasteiger partial charge on any atom is -0.384 e. The summed E-state index contributed by atoms with van der Waals surface area (Å²) in [5, 5.41) is 17.9. The van der Waals surface area contributed by atoms with E-state index in [9.17, 15) is 14.5 Å². The highest BCUT2D eigenvalue weighted by molar-refractivity contribution is 5.77. The van der Waals surface area contributed by atoms with Crippen LogP contribution in [-0.2, 0) is 6.42 Å². The first-order valence-electron chi connectivity index (χ1n) is 7.69. The molecule has 2 aromatic carbocycles. The minimum atomic E-state index is -0.347. The van der Waals surface area contributed by atoms with E-state index in [-0.39, 0.29) is 28.4 Å². The summed E-state index contributed by atoms with van der Waals surface area (Å²) in [6.07, 6.45) is 1.63. The normalized spacial score (nSPS) is 21.4. The first-order valence-corrected chi connectivity index (χ1v) is 7.69. The van der Waals surface area contributed by atoms with Gasteiger partial charge >= 0.3 is 0 Å². The number of nitro benzene ring substituents is 1. The van der Waals surface area contributed by atoms with Crippen molar-refractivity contribution in [3.05, 3.63) is 63.5 Å². The highest BCUT2D eigenvalue weighted by Crippen LogP contribution is 2.46. The molecule has 118 valence electrons. The molecular formula is C17H16FN3O2. The van der Waals surface area contributed by atoms with Crippen LogP contribution in [-0.4, -0.2) is 17.5 Å². The number of hydrogen-bond donors (Lipinski definition) is 2. The molecule has 0 spiro atoms. The van der Waals surface area contributed by atoms with E-state index in [1.165, 1.54) is 12.1 Å². The minimum absolute atomic E-state index is 0.109. The number of nitrogens with one attached hydrogen (secondary N) is 2. The fourth-order valence-corrected chi connectivity index (χ4v) is 3.34. The molecule has 0 radical (unpaired) electrons. The average Bonchev–Trinajstić information content (AvgIpc) is 3.12. The lowest BCUT2D eigenvalue weighted by molar-refractivity contribution is -0.384. The van der Waals surface area contributed by atoms with Crippen molar-refractivity contribution in [2.75, 3.05) is 17.2 Å². The molecule has 0 unspecified atom stereocenters. The molecule has 2 N–H and O–H groups in total. The summed E-state index contributed by atoms with van der Waals surface area (Å²) < 4.78 is 13.3. The lowest BCUT2D eigenvalue weighted by Crippen LogP contribution is -2.09. The van der Waals surface area contributed by atoms with Crippen LogP contribution in [0.3, 0.4) is 0 Å². The van der Waals surface area contributed by atoms with Crippen LogP contribution in [0.1, 0.15) is 23.5 Å². The first-order chi connectivity index (χ1) is 11.1. The lowest BCUT2D eigenvalue weighted by Gasteiger charge is -2.11. The van der Waals surface area contributed by atoms with E-state index < -0.39 is 0 Å². The van der Waals surface area contributed by atoms with Gasteiger partial charge in [0, 0.05) is 35.8 Å². The van der Waals surface area contributed by atoms with Gasteiger partial charge in [0.15, 0.2) is 0 Å². The average molecular weight is 313 g/mol. The van der Waals surface area contributed by atoms with Crippen molar-refractivity contribution in [1.29, 1.82) is 0 Å². The summed E-state index contributed by atoms with van der Waals surface area (Å²) in [6.45, 7) is 0.795. The Hall–Kier alpha value is -2.63. The monoisotopic (exact) mass is 313 g/mol. The third-order valence-electron chi connectivity index (χ3n) is 4.58. The quantitative estimate of drug-likeness (QED) is 0.667. The summed E-state index contributed by atoms with van der Waals surface area (Å²) in [5.41, 5.74) is 3.60. The van der Waals surface area contributed by atoms with Gasteiger partial charge in [0.1, 0.15) is 11.5 Å². The van der Waals surface area contributed by atoms with Gasteiger partial charge in [-0.1, -0.05) is 12.1 Å². The molecule has 0 aromatic heterocycles. The largest absolute Gasteiger partial charge is 0.384 e. The molecule has 23 heavy (non-hydrogen) atoms. The summed E-state index contributed by atoms with van der Waals surface area (Å²) in [4.78, 5) is 11.0. The number of hydrogen-bond acceptors (Lipinski definition) is 4. The molecule has 5 nitrogen and oxygen atoms in total. The number of nitro groups is 1. The second-order valence-corrected chi connectivity index (χ2v) is 6.07. The Morgan fingerprint density at radius 2 is 2.17 bits per heavy atom. The van der Waals surface area contributed by atoms with Crippen LogP contribution in [0.2, 0.25) is 0 Å². The van der Waals surface area contributed by atoms with Crippen molar-refractivity contribution in [2.24, 2.45) is 0 Å². The van der Waals surface area contributed by atoms with Crippen LogP contribution in [0, 0.1) is 15.9 Å². The van der Waals surface area contributed by atoms with E-state index in [0.717, 1.165) is 36.2 Å². The molecule has 4 rings (SSSR count). The molecule has 0 amide bonds. The van der Waals surface area contributed by atoms with E-state index in [1.54, 1.807) is 18.2 Å². The fraction of sp³-hybridized carbons (Fsp3) is 0.294. The molecule has 2 atom stereocenters. The lowest BCUT2D eigenvalue weighted by atomic mass is 10.1. The molecular weight excluding hydrogens is 297 g/mol. The second-order valence-electron chi connectivity index (χ2n) is 6.07. The predicted octanol–water partition coefficient (Wildman–Crippen LogP) is 3.67. The Morgan fingerprint density at radius 1 is 1.30 bits per heavy atom. The van der Waals surface area contributed by atoms with Crippen molar-refractivity contribution in [3.63, 3.8) is 0 Å². The molecule has 1 aliphatic carbocycles. The van der Waals surface area contributed by atoms with Gasteiger partial charge in [0.25, 0.3) is 5.69 Å². The van der Waals surface area contributed by atoms with E-state index in [2.05, 4.69) is 10.6 Å². The highest BCUT2D eigenvalue weighted by atomic mass is 19.1. The van der Waals surface area contributed by atoms with Crippen molar-refractivity contribution >= 4 is 17.1 Å². The van der Waals surface area contributed by atoms with Gasteiger partial charge < -0.3 is 10.6 Å². The van der Waals surface area contributed by atoms with Crippen molar-refractivity contribution in [2.45, 2.75) is 24.8 Å². The third-order valence-corrected chi connectivity index (χ3v) is 4.58. The van der Waals surface area contributed by atoms with Crippen molar-refractivity contribution in [3.8, 4) is 0 Å². The Balaban J connectivity index is 1.61. The SMILES string of the molecule is O=[N+]([O-])c1ccc2c(c1N[C@@H]1C[C@H]1c1cccc(F)c1)CCN2. The van der Waals surface area contributed by atoms with Gasteiger partial charge in [-0.3, -0.25) is 10.1 Å². The van der Waals surface area contributed by atoms with Crippen LogP contribution in [0.25, 0.3) is 0 Å². The molecule has 1 fully saturated rings. The number of benzene rings is 2. The van der Waals surface area contributed by atoms with E-state index in [4.69, 9.17) is 0 Å². The molecule has 0 saturated heterocycles.